The molecule has 0 saturated heterocycles. The Bertz CT molecular complexity index is 1030. The third-order valence-corrected chi connectivity index (χ3v) is 6.03. The van der Waals surface area contributed by atoms with E-state index in [0.29, 0.717) is 29.6 Å². The zero-order valence-electron chi connectivity index (χ0n) is 24.3. The SMILES string of the molecule is CO/C(C=Nc1c(C(C)C)cccc1C(C)C)=N/C(C=Nc1c(C(C)C)cccc1C(C)C)OC.[Cl][Fe][Cl]. The van der Waals surface area contributed by atoms with E-state index >= 15 is 0 Å². The summed E-state index contributed by atoms with van der Waals surface area (Å²) in [4.78, 5) is 14.3. The first kappa shape index (κ1) is 34.3. The van der Waals surface area contributed by atoms with E-state index in [4.69, 9.17) is 39.7 Å². The standard InChI is InChI=1S/C30H43N3O2.2ClH.Fe/c1-19(2)23-13-11-14-24(20(3)4)29(23)31-17-27(34-9)33-28(35-10)18-32-30-25(21(5)6)15-12-16-26(30)22(7)8;;;/h11-22,27H,1-10H3;2*1H;/q;;;+2/p-2/b31-17?,32-18?,33-28+;;;. The van der Waals surface area contributed by atoms with Gasteiger partial charge in [0.15, 0.2) is 6.23 Å². The van der Waals surface area contributed by atoms with Crippen molar-refractivity contribution in [1.82, 2.24) is 0 Å². The van der Waals surface area contributed by atoms with E-state index in [2.05, 4.69) is 96.8 Å². The molecule has 0 aliphatic rings. The first-order valence-electron chi connectivity index (χ1n) is 12.9. The molecule has 0 N–H and O–H groups in total. The maximum absolute atomic E-state index is 5.60. The van der Waals surface area contributed by atoms with Crippen molar-refractivity contribution in [2.45, 2.75) is 85.3 Å². The predicted molar refractivity (Wildman–Crippen MR) is 162 cm³/mol. The first-order valence-corrected chi connectivity index (χ1v) is 15.9. The summed E-state index contributed by atoms with van der Waals surface area (Å²) in [5.74, 6) is 1.84. The van der Waals surface area contributed by atoms with E-state index < -0.39 is 6.23 Å². The quantitative estimate of drug-likeness (QED) is 0.154. The molecule has 1 unspecified atom stereocenters. The van der Waals surface area contributed by atoms with Crippen LogP contribution < -0.4 is 0 Å². The van der Waals surface area contributed by atoms with Gasteiger partial charge in [0.25, 0.3) is 0 Å². The Morgan fingerprint density at radius 2 is 1.08 bits per heavy atom. The summed E-state index contributed by atoms with van der Waals surface area (Å²) in [6, 6.07) is 12.8. The van der Waals surface area contributed by atoms with Gasteiger partial charge in [-0.25, -0.2) is 4.99 Å². The summed E-state index contributed by atoms with van der Waals surface area (Å²) in [5.41, 5.74) is 6.82. The van der Waals surface area contributed by atoms with Gasteiger partial charge in [0, 0.05) is 7.11 Å². The molecule has 0 aliphatic carbocycles. The summed E-state index contributed by atoms with van der Waals surface area (Å²) >= 11 is 0.194. The fourth-order valence-electron chi connectivity index (χ4n) is 3.99. The molecule has 212 valence electrons. The van der Waals surface area contributed by atoms with Gasteiger partial charge in [-0.3, -0.25) is 9.98 Å². The van der Waals surface area contributed by atoms with Gasteiger partial charge in [0.05, 0.1) is 30.9 Å². The molecule has 2 rings (SSSR count). The van der Waals surface area contributed by atoms with Gasteiger partial charge in [0.1, 0.15) is 0 Å². The molecule has 0 aromatic heterocycles. The van der Waals surface area contributed by atoms with Gasteiger partial charge in [-0.15, -0.1) is 0 Å². The summed E-state index contributed by atoms with van der Waals surface area (Å²) in [5, 5.41) is 0. The van der Waals surface area contributed by atoms with Gasteiger partial charge in [-0.05, 0) is 45.9 Å². The molecule has 0 heterocycles. The van der Waals surface area contributed by atoms with Crippen LogP contribution in [0, 0.1) is 0 Å². The summed E-state index contributed by atoms with van der Waals surface area (Å²) < 4.78 is 11.1. The average molecular weight is 604 g/mol. The molecule has 38 heavy (non-hydrogen) atoms. The predicted octanol–water partition coefficient (Wildman–Crippen LogP) is 9.68. The first-order chi connectivity index (χ1) is 18.0. The molecule has 2 aromatic rings. The number of methoxy groups -OCH3 is 2. The molecular weight excluding hydrogens is 561 g/mol. The van der Waals surface area contributed by atoms with E-state index in [1.807, 2.05) is 0 Å². The molecular formula is C30H43Cl2FeN3O2. The minimum atomic E-state index is -0.596. The Morgan fingerprint density at radius 1 is 0.711 bits per heavy atom. The number of hydrogen-bond acceptors (Lipinski definition) is 5. The zero-order chi connectivity index (χ0) is 28.8. The van der Waals surface area contributed by atoms with Crippen molar-refractivity contribution in [3.63, 3.8) is 0 Å². The van der Waals surface area contributed by atoms with E-state index in [0.717, 1.165) is 11.4 Å². The van der Waals surface area contributed by atoms with E-state index in [9.17, 15) is 0 Å². The second-order valence-corrected chi connectivity index (χ2v) is 11.9. The van der Waals surface area contributed by atoms with Crippen molar-refractivity contribution in [3.05, 3.63) is 58.7 Å². The van der Waals surface area contributed by atoms with Crippen LogP contribution in [0.4, 0.5) is 11.4 Å². The fraction of sp³-hybridized carbons (Fsp3) is 0.500. The number of hydrogen-bond donors (Lipinski definition) is 0. The third kappa shape index (κ3) is 10.5. The van der Waals surface area contributed by atoms with Crippen molar-refractivity contribution >= 4 is 49.9 Å². The number of para-hydroxylation sites is 2. The van der Waals surface area contributed by atoms with Crippen LogP contribution in [0.3, 0.4) is 0 Å². The van der Waals surface area contributed by atoms with Crippen LogP contribution in [0.1, 0.15) is 101 Å². The Morgan fingerprint density at radius 3 is 1.39 bits per heavy atom. The Balaban J connectivity index is 0.00000229. The molecule has 2 aromatic carbocycles. The molecule has 0 bridgehead atoms. The molecule has 0 saturated carbocycles. The normalized spacial score (nSPS) is 13.3. The van der Waals surface area contributed by atoms with Crippen molar-refractivity contribution < 1.29 is 22.6 Å². The van der Waals surface area contributed by atoms with Crippen molar-refractivity contribution in [3.8, 4) is 0 Å². The average Bonchev–Trinajstić information content (AvgIpc) is 2.88. The molecule has 1 atom stereocenters. The second-order valence-electron chi connectivity index (χ2n) is 10.1. The molecule has 0 amide bonds. The van der Waals surface area contributed by atoms with Gasteiger partial charge in [0.2, 0.25) is 5.90 Å². The molecule has 0 spiro atoms. The third-order valence-electron chi connectivity index (χ3n) is 6.03. The number of aliphatic imine (C=N–C) groups is 3. The van der Waals surface area contributed by atoms with Crippen LogP contribution in [0.15, 0.2) is 51.4 Å². The Hall–Kier alpha value is -1.69. The van der Waals surface area contributed by atoms with Gasteiger partial charge < -0.3 is 9.47 Å². The summed E-state index contributed by atoms with van der Waals surface area (Å²) in [6.07, 6.45) is 2.82. The maximum atomic E-state index is 5.60. The van der Waals surface area contributed by atoms with Crippen molar-refractivity contribution in [1.29, 1.82) is 0 Å². The van der Waals surface area contributed by atoms with Crippen LogP contribution in [-0.2, 0) is 22.6 Å². The van der Waals surface area contributed by atoms with Crippen LogP contribution >= 0.6 is 20.2 Å². The van der Waals surface area contributed by atoms with E-state index in [1.165, 1.54) is 22.3 Å². The topological polar surface area (TPSA) is 55.5 Å². The van der Waals surface area contributed by atoms with Crippen LogP contribution in [0.5, 0.6) is 0 Å². The summed E-state index contributed by atoms with van der Waals surface area (Å²) in [7, 11) is 12.7. The van der Waals surface area contributed by atoms with Crippen LogP contribution in [0.25, 0.3) is 0 Å². The molecule has 0 fully saturated rings. The Labute approximate surface area is 244 Å². The van der Waals surface area contributed by atoms with Crippen LogP contribution in [-0.4, -0.2) is 38.8 Å². The van der Waals surface area contributed by atoms with Crippen molar-refractivity contribution in [2.75, 3.05) is 14.2 Å². The number of benzene rings is 2. The molecule has 5 nitrogen and oxygen atoms in total. The number of nitrogens with zero attached hydrogens (tertiary/aromatic N) is 3. The second kappa shape index (κ2) is 17.8. The minimum absolute atomic E-state index is 0.194. The monoisotopic (exact) mass is 603 g/mol. The van der Waals surface area contributed by atoms with Crippen molar-refractivity contribution in [2.24, 2.45) is 15.0 Å². The van der Waals surface area contributed by atoms with Gasteiger partial charge >= 0.3 is 33.3 Å². The fourth-order valence-corrected chi connectivity index (χ4v) is 3.99. The van der Waals surface area contributed by atoms with E-state index in [1.54, 1.807) is 26.6 Å². The van der Waals surface area contributed by atoms with Crippen LogP contribution in [0.2, 0.25) is 0 Å². The molecule has 0 radical (unpaired) electrons. The van der Waals surface area contributed by atoms with E-state index in [-0.39, 0.29) is 13.1 Å². The Kier molecular flexibility index (Phi) is 16.1. The summed E-state index contributed by atoms with van der Waals surface area (Å²) in [6.45, 7) is 17.5. The zero-order valence-corrected chi connectivity index (χ0v) is 26.9. The number of rotatable bonds is 10. The van der Waals surface area contributed by atoms with Gasteiger partial charge in [-0.2, -0.15) is 0 Å². The van der Waals surface area contributed by atoms with Gasteiger partial charge in [-0.1, -0.05) is 91.8 Å². The molecule has 0 aliphatic heterocycles. The molecule has 8 heteroatoms. The number of ether oxygens (including phenoxy) is 2. The number of halogens is 2.